The highest BCUT2D eigenvalue weighted by molar-refractivity contribution is 9.10. The highest BCUT2D eigenvalue weighted by Crippen LogP contribution is 2.18. The first-order valence-corrected chi connectivity index (χ1v) is 6.87. The second-order valence-corrected chi connectivity index (χ2v) is 5.63. The molecular formula is C14H9Br2FO. The third-order valence-corrected chi connectivity index (χ3v) is 3.69. The van der Waals surface area contributed by atoms with Crippen LogP contribution in [0, 0.1) is 5.82 Å². The van der Waals surface area contributed by atoms with E-state index in [9.17, 15) is 9.18 Å². The van der Waals surface area contributed by atoms with Crippen LogP contribution >= 0.6 is 31.9 Å². The second-order valence-electron chi connectivity index (χ2n) is 3.86. The van der Waals surface area contributed by atoms with Crippen LogP contribution in [0.4, 0.5) is 4.39 Å². The minimum absolute atomic E-state index is 0.0938. The average Bonchev–Trinajstić information content (AvgIpc) is 2.35. The Morgan fingerprint density at radius 3 is 2.33 bits per heavy atom. The number of rotatable bonds is 3. The molecule has 2 aromatic carbocycles. The van der Waals surface area contributed by atoms with E-state index in [2.05, 4.69) is 31.9 Å². The Bertz CT molecular complexity index is 579. The Morgan fingerprint density at radius 1 is 1.06 bits per heavy atom. The van der Waals surface area contributed by atoms with Crippen molar-refractivity contribution >= 4 is 37.6 Å². The maximum atomic E-state index is 13.3. The maximum absolute atomic E-state index is 13.3. The normalized spacial score (nSPS) is 10.4. The van der Waals surface area contributed by atoms with Crippen molar-refractivity contribution in [2.24, 2.45) is 0 Å². The van der Waals surface area contributed by atoms with Gasteiger partial charge in [0.25, 0.3) is 0 Å². The van der Waals surface area contributed by atoms with Gasteiger partial charge in [0, 0.05) is 16.5 Å². The number of Topliss-reactive ketones (excluding diaryl/α,β-unsaturated/α-hetero) is 1. The fourth-order valence-corrected chi connectivity index (χ4v) is 2.07. The van der Waals surface area contributed by atoms with Crippen molar-refractivity contribution in [3.63, 3.8) is 0 Å². The molecular weight excluding hydrogens is 363 g/mol. The van der Waals surface area contributed by atoms with Crippen molar-refractivity contribution in [1.29, 1.82) is 0 Å². The zero-order chi connectivity index (χ0) is 13.1. The van der Waals surface area contributed by atoms with Crippen molar-refractivity contribution < 1.29 is 9.18 Å². The lowest BCUT2D eigenvalue weighted by Gasteiger charge is -2.03. The predicted octanol–water partition coefficient (Wildman–Crippen LogP) is 4.78. The van der Waals surface area contributed by atoms with E-state index < -0.39 is 5.82 Å². The van der Waals surface area contributed by atoms with Gasteiger partial charge >= 0.3 is 0 Å². The molecule has 1 nitrogen and oxygen atoms in total. The van der Waals surface area contributed by atoms with E-state index in [0.29, 0.717) is 10.0 Å². The number of hydrogen-bond donors (Lipinski definition) is 0. The molecule has 0 unspecified atom stereocenters. The molecule has 92 valence electrons. The van der Waals surface area contributed by atoms with Crippen LogP contribution in [-0.4, -0.2) is 5.78 Å². The minimum Gasteiger partial charge on any atom is -0.294 e. The fourth-order valence-electron chi connectivity index (χ4n) is 1.56. The largest absolute Gasteiger partial charge is 0.294 e. The lowest BCUT2D eigenvalue weighted by molar-refractivity contribution is 0.0992. The first-order valence-electron chi connectivity index (χ1n) is 5.29. The van der Waals surface area contributed by atoms with Gasteiger partial charge in [-0.15, -0.1) is 0 Å². The van der Waals surface area contributed by atoms with E-state index >= 15 is 0 Å². The summed E-state index contributed by atoms with van der Waals surface area (Å²) in [4.78, 5) is 12.0. The Kier molecular flexibility index (Phi) is 4.30. The van der Waals surface area contributed by atoms with Gasteiger partial charge in [-0.05, 0) is 45.8 Å². The maximum Gasteiger partial charge on any atom is 0.167 e. The highest BCUT2D eigenvalue weighted by Gasteiger charge is 2.09. The van der Waals surface area contributed by atoms with Gasteiger partial charge in [-0.2, -0.15) is 0 Å². The number of hydrogen-bond acceptors (Lipinski definition) is 1. The number of carbonyl (C=O) groups is 1. The number of ketones is 1. The Balaban J connectivity index is 2.16. The standard InChI is InChI=1S/C14H9Br2FO/c15-11-4-1-9(2-5-11)7-14(18)10-3-6-12(16)13(17)8-10/h1-6,8H,7H2. The first kappa shape index (κ1) is 13.4. The summed E-state index contributed by atoms with van der Waals surface area (Å²) >= 11 is 6.40. The molecule has 0 N–H and O–H groups in total. The van der Waals surface area contributed by atoms with Crippen LogP contribution in [0.3, 0.4) is 0 Å². The molecule has 0 fully saturated rings. The molecule has 0 heterocycles. The molecule has 0 radical (unpaired) electrons. The number of benzene rings is 2. The molecule has 0 aliphatic heterocycles. The Morgan fingerprint density at radius 2 is 1.72 bits per heavy atom. The summed E-state index contributed by atoms with van der Waals surface area (Å²) < 4.78 is 14.7. The van der Waals surface area contributed by atoms with Crippen LogP contribution in [0.2, 0.25) is 0 Å². The summed E-state index contributed by atoms with van der Waals surface area (Å²) in [5, 5.41) is 0. The summed E-state index contributed by atoms with van der Waals surface area (Å²) in [7, 11) is 0. The first-order chi connectivity index (χ1) is 8.56. The molecule has 0 saturated heterocycles. The summed E-state index contributed by atoms with van der Waals surface area (Å²) in [6.07, 6.45) is 0.272. The molecule has 0 atom stereocenters. The SMILES string of the molecule is O=C(Cc1ccc(Br)cc1)c1ccc(Br)c(F)c1. The summed E-state index contributed by atoms with van der Waals surface area (Å²) in [5.41, 5.74) is 1.30. The highest BCUT2D eigenvalue weighted by atomic mass is 79.9. The molecule has 0 amide bonds. The lowest BCUT2D eigenvalue weighted by Crippen LogP contribution is -2.04. The monoisotopic (exact) mass is 370 g/mol. The van der Waals surface area contributed by atoms with Crippen LogP contribution in [0.15, 0.2) is 51.4 Å². The van der Waals surface area contributed by atoms with E-state index in [1.807, 2.05) is 24.3 Å². The van der Waals surface area contributed by atoms with Gasteiger partial charge in [-0.25, -0.2) is 4.39 Å². The van der Waals surface area contributed by atoms with E-state index in [0.717, 1.165) is 10.0 Å². The van der Waals surface area contributed by atoms with E-state index in [-0.39, 0.29) is 12.2 Å². The number of carbonyl (C=O) groups excluding carboxylic acids is 1. The molecule has 0 bridgehead atoms. The molecule has 2 rings (SSSR count). The van der Waals surface area contributed by atoms with Crippen molar-refractivity contribution in [3.05, 3.63) is 68.4 Å². The fraction of sp³-hybridized carbons (Fsp3) is 0.0714. The quantitative estimate of drug-likeness (QED) is 0.710. The third kappa shape index (κ3) is 3.27. The molecule has 2 aromatic rings. The summed E-state index contributed by atoms with van der Waals surface area (Å²) in [6, 6.07) is 11.9. The third-order valence-electron chi connectivity index (χ3n) is 2.52. The van der Waals surface area contributed by atoms with Crippen LogP contribution in [0.5, 0.6) is 0 Å². The molecule has 18 heavy (non-hydrogen) atoms. The molecule has 0 aromatic heterocycles. The average molecular weight is 372 g/mol. The van der Waals surface area contributed by atoms with Gasteiger partial charge in [0.2, 0.25) is 0 Å². The van der Waals surface area contributed by atoms with Crippen LogP contribution < -0.4 is 0 Å². The smallest absolute Gasteiger partial charge is 0.167 e. The zero-order valence-electron chi connectivity index (χ0n) is 9.29. The summed E-state index contributed by atoms with van der Waals surface area (Å²) in [5.74, 6) is -0.514. The van der Waals surface area contributed by atoms with E-state index in [1.54, 1.807) is 12.1 Å². The van der Waals surface area contributed by atoms with Gasteiger partial charge in [-0.3, -0.25) is 4.79 Å². The molecule has 4 heteroatoms. The lowest BCUT2D eigenvalue weighted by atomic mass is 10.0. The van der Waals surface area contributed by atoms with Gasteiger partial charge in [0.15, 0.2) is 5.78 Å². The van der Waals surface area contributed by atoms with Crippen LogP contribution in [0.25, 0.3) is 0 Å². The van der Waals surface area contributed by atoms with E-state index in [1.165, 1.54) is 6.07 Å². The molecule has 0 aliphatic carbocycles. The zero-order valence-corrected chi connectivity index (χ0v) is 12.5. The van der Waals surface area contributed by atoms with Gasteiger partial charge < -0.3 is 0 Å². The summed E-state index contributed by atoms with van der Waals surface area (Å²) in [6.45, 7) is 0. The van der Waals surface area contributed by atoms with Crippen LogP contribution in [0.1, 0.15) is 15.9 Å². The Labute approximate surface area is 121 Å². The molecule has 0 spiro atoms. The second kappa shape index (κ2) is 5.76. The molecule has 0 saturated carbocycles. The van der Waals surface area contributed by atoms with Gasteiger partial charge in [-0.1, -0.05) is 34.1 Å². The predicted molar refractivity (Wildman–Crippen MR) is 76.3 cm³/mol. The molecule has 0 aliphatic rings. The topological polar surface area (TPSA) is 17.1 Å². The van der Waals surface area contributed by atoms with Crippen LogP contribution in [-0.2, 0) is 6.42 Å². The number of halogens is 3. The van der Waals surface area contributed by atoms with Crippen molar-refractivity contribution in [3.8, 4) is 0 Å². The Hall–Kier alpha value is -1.000. The minimum atomic E-state index is -0.420. The van der Waals surface area contributed by atoms with Crippen molar-refractivity contribution in [1.82, 2.24) is 0 Å². The van der Waals surface area contributed by atoms with Gasteiger partial charge in [0.1, 0.15) is 5.82 Å². The van der Waals surface area contributed by atoms with Crippen molar-refractivity contribution in [2.75, 3.05) is 0 Å². The van der Waals surface area contributed by atoms with Crippen molar-refractivity contribution in [2.45, 2.75) is 6.42 Å². The van der Waals surface area contributed by atoms with Gasteiger partial charge in [0.05, 0.1) is 4.47 Å². The van der Waals surface area contributed by atoms with E-state index in [4.69, 9.17) is 0 Å².